The second kappa shape index (κ2) is 8.17. The first-order valence-corrected chi connectivity index (χ1v) is 8.34. The van der Waals surface area contributed by atoms with Crippen LogP contribution in [0.4, 0.5) is 11.4 Å². The molecule has 0 saturated heterocycles. The van der Waals surface area contributed by atoms with Gasteiger partial charge in [0.25, 0.3) is 11.4 Å². The topological polar surface area (TPSA) is 133 Å². The van der Waals surface area contributed by atoms with Crippen molar-refractivity contribution in [2.75, 3.05) is 0 Å². The van der Waals surface area contributed by atoms with Gasteiger partial charge in [-0.25, -0.2) is 4.79 Å². The molecule has 0 spiro atoms. The third-order valence-electron chi connectivity index (χ3n) is 4.13. The van der Waals surface area contributed by atoms with Gasteiger partial charge >= 0.3 is 5.97 Å². The number of nitrogens with zero attached hydrogens (tertiary/aromatic N) is 2. The van der Waals surface area contributed by atoms with Gasteiger partial charge in [-0.15, -0.1) is 0 Å². The van der Waals surface area contributed by atoms with Crippen LogP contribution in [-0.2, 0) is 6.61 Å². The Morgan fingerprint density at radius 1 is 0.897 bits per heavy atom. The lowest BCUT2D eigenvalue weighted by atomic mass is 9.99. The van der Waals surface area contributed by atoms with E-state index < -0.39 is 32.8 Å². The van der Waals surface area contributed by atoms with Gasteiger partial charge in [-0.05, 0) is 23.3 Å². The van der Waals surface area contributed by atoms with Gasteiger partial charge in [0, 0.05) is 12.1 Å². The number of hydrogen-bond donors (Lipinski definition) is 1. The minimum absolute atomic E-state index is 0.201. The summed E-state index contributed by atoms with van der Waals surface area (Å²) in [6.07, 6.45) is 0. The Morgan fingerprint density at radius 2 is 1.45 bits per heavy atom. The largest absolute Gasteiger partial charge is 0.489 e. The zero-order valence-corrected chi connectivity index (χ0v) is 14.8. The number of rotatable bonds is 7. The summed E-state index contributed by atoms with van der Waals surface area (Å²) in [4.78, 5) is 32.4. The molecule has 0 fully saturated rings. The summed E-state index contributed by atoms with van der Waals surface area (Å²) in [5, 5.41) is 32.0. The summed E-state index contributed by atoms with van der Waals surface area (Å²) < 4.78 is 5.64. The molecule has 1 N–H and O–H groups in total. The van der Waals surface area contributed by atoms with Crippen molar-refractivity contribution in [1.82, 2.24) is 0 Å². The van der Waals surface area contributed by atoms with Gasteiger partial charge in [0.15, 0.2) is 0 Å². The van der Waals surface area contributed by atoms with Gasteiger partial charge in [0.1, 0.15) is 17.9 Å². The highest BCUT2D eigenvalue weighted by atomic mass is 16.6. The molecular formula is C20H14N2O7. The molecule has 9 heteroatoms. The predicted octanol–water partition coefficient (Wildman–Crippen LogP) is 4.45. The number of ether oxygens (including phenoxy) is 1. The van der Waals surface area contributed by atoms with E-state index in [0.717, 1.165) is 17.7 Å². The van der Waals surface area contributed by atoms with Crippen molar-refractivity contribution in [2.24, 2.45) is 0 Å². The summed E-state index contributed by atoms with van der Waals surface area (Å²) in [6.45, 7) is 0.313. The summed E-state index contributed by atoms with van der Waals surface area (Å²) >= 11 is 0. The van der Waals surface area contributed by atoms with E-state index in [1.165, 1.54) is 24.3 Å². The number of aromatic carboxylic acids is 1. The highest BCUT2D eigenvalue weighted by Crippen LogP contribution is 2.39. The van der Waals surface area contributed by atoms with E-state index in [1.54, 1.807) is 0 Å². The van der Waals surface area contributed by atoms with E-state index in [0.29, 0.717) is 12.4 Å². The van der Waals surface area contributed by atoms with Crippen LogP contribution < -0.4 is 4.74 Å². The first kappa shape index (κ1) is 19.5. The van der Waals surface area contributed by atoms with Gasteiger partial charge in [0.05, 0.1) is 15.4 Å². The maximum Gasteiger partial charge on any atom is 0.336 e. The molecule has 3 aromatic carbocycles. The summed E-state index contributed by atoms with van der Waals surface area (Å²) in [5.74, 6) is -1.02. The SMILES string of the molecule is O=C(O)c1cc([N+](=O)[O-])c(-c2ccc(OCc3ccccc3)cc2)c([N+](=O)[O-])c1. The summed E-state index contributed by atoms with van der Waals surface area (Å²) in [5.41, 5.74) is -0.960. The quantitative estimate of drug-likeness (QED) is 0.462. The van der Waals surface area contributed by atoms with Crippen LogP contribution >= 0.6 is 0 Å². The fourth-order valence-electron chi connectivity index (χ4n) is 2.78. The van der Waals surface area contributed by atoms with Crippen LogP contribution in [0.1, 0.15) is 15.9 Å². The maximum absolute atomic E-state index is 11.4. The van der Waals surface area contributed by atoms with Crippen LogP contribution in [0.25, 0.3) is 11.1 Å². The van der Waals surface area contributed by atoms with Crippen molar-refractivity contribution in [3.63, 3.8) is 0 Å². The van der Waals surface area contributed by atoms with Crippen molar-refractivity contribution in [3.8, 4) is 16.9 Å². The fourth-order valence-corrected chi connectivity index (χ4v) is 2.78. The van der Waals surface area contributed by atoms with E-state index in [-0.39, 0.29) is 11.1 Å². The van der Waals surface area contributed by atoms with Crippen LogP contribution in [0.3, 0.4) is 0 Å². The summed E-state index contributed by atoms with van der Waals surface area (Å²) in [6, 6.07) is 17.0. The van der Waals surface area contributed by atoms with Gasteiger partial charge < -0.3 is 9.84 Å². The Bertz CT molecular complexity index is 1040. The van der Waals surface area contributed by atoms with Gasteiger partial charge in [-0.3, -0.25) is 20.2 Å². The maximum atomic E-state index is 11.4. The van der Waals surface area contributed by atoms with Crippen molar-refractivity contribution in [2.45, 2.75) is 6.61 Å². The van der Waals surface area contributed by atoms with Crippen LogP contribution in [-0.4, -0.2) is 20.9 Å². The molecule has 9 nitrogen and oxygen atoms in total. The molecule has 3 aromatic rings. The number of carbonyl (C=O) groups is 1. The zero-order valence-electron chi connectivity index (χ0n) is 14.8. The van der Waals surface area contributed by atoms with Crippen LogP contribution in [0.5, 0.6) is 5.75 Å². The van der Waals surface area contributed by atoms with Crippen molar-refractivity contribution >= 4 is 17.3 Å². The summed E-state index contributed by atoms with van der Waals surface area (Å²) in [7, 11) is 0. The number of hydrogen-bond acceptors (Lipinski definition) is 6. The lowest BCUT2D eigenvalue weighted by molar-refractivity contribution is -0.392. The Balaban J connectivity index is 1.98. The highest BCUT2D eigenvalue weighted by Gasteiger charge is 2.29. The molecule has 0 aliphatic carbocycles. The molecule has 0 aliphatic heterocycles. The minimum atomic E-state index is -1.49. The molecule has 3 rings (SSSR count). The van der Waals surface area contributed by atoms with Crippen molar-refractivity contribution < 1.29 is 24.5 Å². The zero-order chi connectivity index (χ0) is 21.0. The van der Waals surface area contributed by atoms with Gasteiger partial charge in [-0.2, -0.15) is 0 Å². The number of benzene rings is 3. The third-order valence-corrected chi connectivity index (χ3v) is 4.13. The van der Waals surface area contributed by atoms with Crippen molar-refractivity contribution in [1.29, 1.82) is 0 Å². The highest BCUT2D eigenvalue weighted by molar-refractivity contribution is 5.94. The molecule has 0 unspecified atom stereocenters. The predicted molar refractivity (Wildman–Crippen MR) is 103 cm³/mol. The Hall–Kier alpha value is -4.27. The molecule has 0 radical (unpaired) electrons. The van der Waals surface area contributed by atoms with E-state index in [2.05, 4.69) is 0 Å². The Morgan fingerprint density at radius 3 is 1.93 bits per heavy atom. The molecule has 0 atom stereocenters. The smallest absolute Gasteiger partial charge is 0.336 e. The number of nitro benzene ring substituents is 2. The molecular weight excluding hydrogens is 380 g/mol. The van der Waals surface area contributed by atoms with E-state index in [4.69, 9.17) is 9.84 Å². The fraction of sp³-hybridized carbons (Fsp3) is 0.0500. The van der Waals surface area contributed by atoms with Crippen molar-refractivity contribution in [3.05, 3.63) is 98.1 Å². The molecule has 0 saturated carbocycles. The first-order valence-electron chi connectivity index (χ1n) is 8.34. The number of carboxylic acid groups (broad SMARTS) is 1. The second-order valence-electron chi connectivity index (χ2n) is 6.01. The van der Waals surface area contributed by atoms with Gasteiger partial charge in [0.2, 0.25) is 0 Å². The molecule has 146 valence electrons. The number of nitro groups is 2. The lowest BCUT2D eigenvalue weighted by Gasteiger charge is -2.09. The molecule has 0 aromatic heterocycles. The van der Waals surface area contributed by atoms with E-state index in [1.807, 2.05) is 30.3 Å². The molecule has 0 heterocycles. The molecule has 0 bridgehead atoms. The van der Waals surface area contributed by atoms with Crippen LogP contribution in [0.15, 0.2) is 66.7 Å². The molecule has 0 amide bonds. The second-order valence-corrected chi connectivity index (χ2v) is 6.01. The first-order chi connectivity index (χ1) is 13.9. The molecule has 29 heavy (non-hydrogen) atoms. The average Bonchev–Trinajstić information content (AvgIpc) is 2.72. The lowest BCUT2D eigenvalue weighted by Crippen LogP contribution is -2.04. The third kappa shape index (κ3) is 4.35. The normalized spacial score (nSPS) is 10.3. The van der Waals surface area contributed by atoms with Gasteiger partial charge in [-0.1, -0.05) is 42.5 Å². The standard InChI is InChI=1S/C20H14N2O7/c23-20(24)15-10-17(21(25)26)19(18(11-15)22(27)28)14-6-8-16(9-7-14)29-12-13-4-2-1-3-5-13/h1-11H,12H2,(H,23,24). The van der Waals surface area contributed by atoms with Crippen LogP contribution in [0, 0.1) is 20.2 Å². The average molecular weight is 394 g/mol. The van der Waals surface area contributed by atoms with E-state index in [9.17, 15) is 25.0 Å². The molecule has 0 aliphatic rings. The monoisotopic (exact) mass is 394 g/mol. The van der Waals surface area contributed by atoms with Crippen LogP contribution in [0.2, 0.25) is 0 Å². The van der Waals surface area contributed by atoms with E-state index >= 15 is 0 Å². The Kier molecular flexibility index (Phi) is 5.49. The minimum Gasteiger partial charge on any atom is -0.489 e. The Labute approximate surface area is 164 Å². The number of carboxylic acids is 1.